The van der Waals surface area contributed by atoms with E-state index in [-0.39, 0.29) is 6.04 Å². The SMILES string of the molecule is CN=C(NCCCc1nnc2ccccn12)NC(C)c1ccc(Cl)cc1Cl. The van der Waals surface area contributed by atoms with Crippen molar-refractivity contribution in [3.63, 3.8) is 0 Å². The number of hydrogen-bond donors (Lipinski definition) is 2. The number of aromatic nitrogens is 3. The van der Waals surface area contributed by atoms with Gasteiger partial charge in [0.25, 0.3) is 0 Å². The fraction of sp³-hybridized carbons (Fsp3) is 0.316. The highest BCUT2D eigenvalue weighted by atomic mass is 35.5. The molecule has 2 aromatic heterocycles. The highest BCUT2D eigenvalue weighted by Gasteiger charge is 2.12. The van der Waals surface area contributed by atoms with Gasteiger partial charge in [0.05, 0.1) is 6.04 Å². The molecule has 27 heavy (non-hydrogen) atoms. The molecule has 0 bridgehead atoms. The lowest BCUT2D eigenvalue weighted by molar-refractivity contribution is 0.667. The van der Waals surface area contributed by atoms with Crippen LogP contribution >= 0.6 is 23.2 Å². The quantitative estimate of drug-likeness (QED) is 0.371. The summed E-state index contributed by atoms with van der Waals surface area (Å²) >= 11 is 12.2. The van der Waals surface area contributed by atoms with Crippen molar-refractivity contribution in [1.29, 1.82) is 0 Å². The summed E-state index contributed by atoms with van der Waals surface area (Å²) < 4.78 is 2.01. The molecule has 0 aliphatic heterocycles. The summed E-state index contributed by atoms with van der Waals surface area (Å²) in [5, 5.41) is 16.4. The van der Waals surface area contributed by atoms with Crippen LogP contribution in [0.4, 0.5) is 0 Å². The third-order valence-electron chi connectivity index (χ3n) is 4.26. The number of hydrogen-bond acceptors (Lipinski definition) is 3. The van der Waals surface area contributed by atoms with Crippen LogP contribution in [0.25, 0.3) is 5.65 Å². The normalized spacial score (nSPS) is 13.0. The number of pyridine rings is 1. The molecule has 2 heterocycles. The van der Waals surface area contributed by atoms with Crippen molar-refractivity contribution in [2.24, 2.45) is 4.99 Å². The monoisotopic (exact) mass is 404 g/mol. The first-order chi connectivity index (χ1) is 13.1. The van der Waals surface area contributed by atoms with Crippen molar-refractivity contribution in [1.82, 2.24) is 25.2 Å². The summed E-state index contributed by atoms with van der Waals surface area (Å²) in [7, 11) is 1.75. The lowest BCUT2D eigenvalue weighted by atomic mass is 10.1. The molecule has 1 atom stereocenters. The van der Waals surface area contributed by atoms with Gasteiger partial charge in [-0.05, 0) is 43.2 Å². The van der Waals surface area contributed by atoms with E-state index in [0.717, 1.165) is 42.4 Å². The first-order valence-electron chi connectivity index (χ1n) is 8.79. The number of benzene rings is 1. The molecule has 0 amide bonds. The van der Waals surface area contributed by atoms with Gasteiger partial charge in [-0.2, -0.15) is 0 Å². The van der Waals surface area contributed by atoms with Gasteiger partial charge in [0.1, 0.15) is 5.82 Å². The zero-order valence-corrected chi connectivity index (χ0v) is 16.8. The Hall–Kier alpha value is -2.31. The minimum absolute atomic E-state index is 0.00130. The van der Waals surface area contributed by atoms with E-state index in [1.165, 1.54) is 0 Å². The predicted molar refractivity (Wildman–Crippen MR) is 111 cm³/mol. The molecule has 8 heteroatoms. The van der Waals surface area contributed by atoms with Crippen LogP contribution in [0, 0.1) is 0 Å². The molecule has 3 rings (SSSR count). The van der Waals surface area contributed by atoms with Gasteiger partial charge in [-0.15, -0.1) is 10.2 Å². The van der Waals surface area contributed by atoms with E-state index in [2.05, 4.69) is 25.8 Å². The molecule has 142 valence electrons. The first-order valence-corrected chi connectivity index (χ1v) is 9.55. The van der Waals surface area contributed by atoms with E-state index in [1.807, 2.05) is 47.9 Å². The highest BCUT2D eigenvalue weighted by Crippen LogP contribution is 2.25. The second kappa shape index (κ2) is 9.06. The van der Waals surface area contributed by atoms with Crippen LogP contribution in [0.3, 0.4) is 0 Å². The summed E-state index contributed by atoms with van der Waals surface area (Å²) in [4.78, 5) is 4.28. The predicted octanol–water partition coefficient (Wildman–Crippen LogP) is 3.89. The first kappa shape index (κ1) is 19.5. The molecule has 0 saturated heterocycles. The summed E-state index contributed by atoms with van der Waals surface area (Å²) in [5.74, 6) is 1.68. The Balaban J connectivity index is 1.50. The van der Waals surface area contributed by atoms with Crippen molar-refractivity contribution in [3.05, 3.63) is 64.0 Å². The van der Waals surface area contributed by atoms with Gasteiger partial charge < -0.3 is 10.6 Å². The number of nitrogens with zero attached hydrogens (tertiary/aromatic N) is 4. The number of guanidine groups is 1. The van der Waals surface area contributed by atoms with E-state index >= 15 is 0 Å². The van der Waals surface area contributed by atoms with Crippen molar-refractivity contribution >= 4 is 34.8 Å². The van der Waals surface area contributed by atoms with Crippen LogP contribution in [0.15, 0.2) is 47.6 Å². The van der Waals surface area contributed by atoms with Crippen LogP contribution < -0.4 is 10.6 Å². The third-order valence-corrected chi connectivity index (χ3v) is 4.82. The van der Waals surface area contributed by atoms with Gasteiger partial charge in [0.2, 0.25) is 0 Å². The molecule has 1 aromatic carbocycles. The second-order valence-corrected chi connectivity index (χ2v) is 7.02. The van der Waals surface area contributed by atoms with Gasteiger partial charge in [-0.1, -0.05) is 35.3 Å². The van der Waals surface area contributed by atoms with Gasteiger partial charge in [0, 0.05) is 36.3 Å². The summed E-state index contributed by atoms with van der Waals surface area (Å²) in [6.07, 6.45) is 3.72. The summed E-state index contributed by atoms with van der Waals surface area (Å²) in [5.41, 5.74) is 1.84. The molecule has 6 nitrogen and oxygen atoms in total. The maximum absolute atomic E-state index is 6.28. The number of rotatable bonds is 6. The molecule has 1 unspecified atom stereocenters. The molecular formula is C19H22Cl2N6. The maximum Gasteiger partial charge on any atom is 0.191 e. The average molecular weight is 405 g/mol. The number of fused-ring (bicyclic) bond motifs is 1. The van der Waals surface area contributed by atoms with E-state index in [4.69, 9.17) is 23.2 Å². The van der Waals surface area contributed by atoms with E-state index in [9.17, 15) is 0 Å². The highest BCUT2D eigenvalue weighted by molar-refractivity contribution is 6.35. The number of aryl methyl sites for hydroxylation is 1. The Bertz CT molecular complexity index is 937. The van der Waals surface area contributed by atoms with Gasteiger partial charge in [-0.3, -0.25) is 9.39 Å². The van der Waals surface area contributed by atoms with Crippen LogP contribution in [0.5, 0.6) is 0 Å². The second-order valence-electron chi connectivity index (χ2n) is 6.18. The molecular weight excluding hydrogens is 383 g/mol. The van der Waals surface area contributed by atoms with Crippen molar-refractivity contribution < 1.29 is 0 Å². The molecule has 0 fully saturated rings. The zero-order chi connectivity index (χ0) is 19.2. The Morgan fingerprint density at radius 2 is 2.07 bits per heavy atom. The number of aliphatic imine (C=N–C) groups is 1. The van der Waals surface area contributed by atoms with Crippen molar-refractivity contribution in [2.45, 2.75) is 25.8 Å². The molecule has 0 aliphatic rings. The molecule has 0 radical (unpaired) electrons. The maximum atomic E-state index is 6.28. The number of nitrogens with one attached hydrogen (secondary N) is 2. The molecule has 0 saturated carbocycles. The zero-order valence-electron chi connectivity index (χ0n) is 15.3. The van der Waals surface area contributed by atoms with Gasteiger partial charge in [-0.25, -0.2) is 0 Å². The number of halogens is 2. The van der Waals surface area contributed by atoms with Gasteiger partial charge >= 0.3 is 0 Å². The van der Waals surface area contributed by atoms with Crippen LogP contribution in [0.1, 0.15) is 30.8 Å². The lowest BCUT2D eigenvalue weighted by Crippen LogP contribution is -2.39. The fourth-order valence-electron chi connectivity index (χ4n) is 2.84. The van der Waals surface area contributed by atoms with Crippen LogP contribution in [-0.4, -0.2) is 34.2 Å². The van der Waals surface area contributed by atoms with Crippen LogP contribution in [-0.2, 0) is 6.42 Å². The molecule has 2 N–H and O–H groups in total. The standard InChI is InChI=1S/C19H22Cl2N6/c1-13(15-9-8-14(20)12-16(15)21)24-19(22-2)23-10-5-7-18-26-25-17-6-3-4-11-27(17)18/h3-4,6,8-9,11-13H,5,7,10H2,1-2H3,(H2,22,23,24). The fourth-order valence-corrected chi connectivity index (χ4v) is 3.42. The van der Waals surface area contributed by atoms with E-state index in [1.54, 1.807) is 13.1 Å². The third kappa shape index (κ3) is 4.90. The minimum Gasteiger partial charge on any atom is -0.356 e. The van der Waals surface area contributed by atoms with Crippen molar-refractivity contribution in [3.8, 4) is 0 Å². The Kier molecular flexibility index (Phi) is 6.53. The van der Waals surface area contributed by atoms with Crippen LogP contribution in [0.2, 0.25) is 10.0 Å². The summed E-state index contributed by atoms with van der Waals surface area (Å²) in [6.45, 7) is 2.80. The summed E-state index contributed by atoms with van der Waals surface area (Å²) in [6, 6.07) is 11.4. The van der Waals surface area contributed by atoms with E-state index < -0.39 is 0 Å². The Morgan fingerprint density at radius 3 is 2.85 bits per heavy atom. The average Bonchev–Trinajstić information content (AvgIpc) is 3.07. The van der Waals surface area contributed by atoms with Gasteiger partial charge in [0.15, 0.2) is 11.6 Å². The van der Waals surface area contributed by atoms with E-state index in [0.29, 0.717) is 10.0 Å². The molecule has 0 spiro atoms. The Morgan fingerprint density at radius 1 is 1.22 bits per heavy atom. The Labute approximate surface area is 168 Å². The lowest BCUT2D eigenvalue weighted by Gasteiger charge is -2.19. The van der Waals surface area contributed by atoms with Crippen molar-refractivity contribution in [2.75, 3.05) is 13.6 Å². The largest absolute Gasteiger partial charge is 0.356 e. The molecule has 0 aliphatic carbocycles. The smallest absolute Gasteiger partial charge is 0.191 e. The topological polar surface area (TPSA) is 66.6 Å². The molecule has 3 aromatic rings. The minimum atomic E-state index is 0.00130.